The zero-order chi connectivity index (χ0) is 13.1. The summed E-state index contributed by atoms with van der Waals surface area (Å²) in [5.74, 6) is 0.000587. The second-order valence-electron chi connectivity index (χ2n) is 4.91. The molecule has 2 rings (SSSR count). The molecule has 0 saturated carbocycles. The Morgan fingerprint density at radius 2 is 2.33 bits per heavy atom. The number of nitriles is 1. The summed E-state index contributed by atoms with van der Waals surface area (Å²) in [5.41, 5.74) is 1.00. The van der Waals surface area contributed by atoms with Gasteiger partial charge in [0.2, 0.25) is 0 Å². The van der Waals surface area contributed by atoms with Gasteiger partial charge in [-0.1, -0.05) is 13.0 Å². The Bertz CT molecular complexity index is 469. The number of hydrogen-bond donors (Lipinski definition) is 1. The van der Waals surface area contributed by atoms with E-state index in [9.17, 15) is 9.50 Å². The summed E-state index contributed by atoms with van der Waals surface area (Å²) in [4.78, 5) is 2.19. The van der Waals surface area contributed by atoms with Gasteiger partial charge in [-0.25, -0.2) is 4.39 Å². The molecule has 0 radical (unpaired) electrons. The summed E-state index contributed by atoms with van der Waals surface area (Å²) in [6, 6.07) is 6.65. The van der Waals surface area contributed by atoms with Crippen molar-refractivity contribution in [3.05, 3.63) is 35.1 Å². The predicted octanol–water partition coefficient (Wildman–Crippen LogP) is 1.90. The van der Waals surface area contributed by atoms with Crippen molar-refractivity contribution in [2.45, 2.75) is 25.9 Å². The average molecular weight is 248 g/mol. The lowest BCUT2D eigenvalue weighted by Crippen LogP contribution is -2.34. The highest BCUT2D eigenvalue weighted by atomic mass is 19.1. The number of aliphatic hydroxyl groups excluding tert-OH is 1. The van der Waals surface area contributed by atoms with Gasteiger partial charge in [-0.15, -0.1) is 0 Å². The van der Waals surface area contributed by atoms with Crippen molar-refractivity contribution >= 4 is 0 Å². The van der Waals surface area contributed by atoms with E-state index in [0.717, 1.165) is 18.5 Å². The molecule has 3 nitrogen and oxygen atoms in total. The number of hydrogen-bond acceptors (Lipinski definition) is 3. The van der Waals surface area contributed by atoms with Crippen molar-refractivity contribution in [3.8, 4) is 6.07 Å². The number of rotatable bonds is 3. The average Bonchev–Trinajstić information content (AvgIpc) is 2.72. The Balaban J connectivity index is 2.12. The van der Waals surface area contributed by atoms with Gasteiger partial charge >= 0.3 is 0 Å². The maximum Gasteiger partial charge on any atom is 0.140 e. The number of nitrogens with zero attached hydrogens (tertiary/aromatic N) is 2. The van der Waals surface area contributed by atoms with E-state index in [-0.39, 0.29) is 18.2 Å². The second kappa shape index (κ2) is 5.47. The third-order valence-corrected chi connectivity index (χ3v) is 3.72. The van der Waals surface area contributed by atoms with E-state index in [4.69, 9.17) is 5.26 Å². The van der Waals surface area contributed by atoms with Crippen LogP contribution in [0.3, 0.4) is 0 Å². The summed E-state index contributed by atoms with van der Waals surface area (Å²) in [5, 5.41) is 18.2. The van der Waals surface area contributed by atoms with Gasteiger partial charge < -0.3 is 5.11 Å². The molecule has 1 N–H and O–H groups in total. The third-order valence-electron chi connectivity index (χ3n) is 3.72. The molecule has 0 aliphatic carbocycles. The van der Waals surface area contributed by atoms with Crippen molar-refractivity contribution in [1.82, 2.24) is 4.90 Å². The zero-order valence-electron chi connectivity index (χ0n) is 10.4. The minimum atomic E-state index is -0.477. The molecule has 1 fully saturated rings. The fourth-order valence-corrected chi connectivity index (χ4v) is 2.57. The predicted molar refractivity (Wildman–Crippen MR) is 66.2 cm³/mol. The normalized spacial score (nSPS) is 24.1. The molecule has 1 heterocycles. The largest absolute Gasteiger partial charge is 0.395 e. The highest BCUT2D eigenvalue weighted by molar-refractivity contribution is 5.34. The van der Waals surface area contributed by atoms with Crippen LogP contribution in [-0.2, 0) is 6.54 Å². The Morgan fingerprint density at radius 1 is 1.56 bits per heavy atom. The van der Waals surface area contributed by atoms with Crippen LogP contribution in [0.1, 0.15) is 24.5 Å². The number of likely N-dealkylation sites (tertiary alicyclic amines) is 1. The molecule has 1 aromatic rings. The maximum absolute atomic E-state index is 13.2. The molecule has 0 amide bonds. The Kier molecular flexibility index (Phi) is 3.95. The molecule has 4 heteroatoms. The van der Waals surface area contributed by atoms with E-state index in [1.807, 2.05) is 6.07 Å². The van der Waals surface area contributed by atoms with E-state index in [2.05, 4.69) is 11.8 Å². The summed E-state index contributed by atoms with van der Waals surface area (Å²) in [7, 11) is 0. The molecule has 0 spiro atoms. The lowest BCUT2D eigenvalue weighted by atomic mass is 10.0. The molecule has 2 unspecified atom stereocenters. The minimum absolute atomic E-state index is 0.0836. The smallest absolute Gasteiger partial charge is 0.140 e. The topological polar surface area (TPSA) is 47.3 Å². The van der Waals surface area contributed by atoms with E-state index in [1.165, 1.54) is 6.07 Å². The lowest BCUT2D eigenvalue weighted by Gasteiger charge is -2.25. The van der Waals surface area contributed by atoms with Gasteiger partial charge in [-0.3, -0.25) is 4.90 Å². The summed E-state index contributed by atoms with van der Waals surface area (Å²) < 4.78 is 13.2. The molecule has 96 valence electrons. The fraction of sp³-hybridized carbons (Fsp3) is 0.500. The van der Waals surface area contributed by atoms with Gasteiger partial charge in [0.15, 0.2) is 0 Å². The first-order chi connectivity index (χ1) is 8.65. The van der Waals surface area contributed by atoms with Crippen LogP contribution in [0.25, 0.3) is 0 Å². The van der Waals surface area contributed by atoms with Gasteiger partial charge in [0.25, 0.3) is 0 Å². The molecule has 1 aliphatic rings. The molecular weight excluding hydrogens is 231 g/mol. The third kappa shape index (κ3) is 2.53. The van der Waals surface area contributed by atoms with Crippen molar-refractivity contribution in [1.29, 1.82) is 5.26 Å². The van der Waals surface area contributed by atoms with E-state index in [0.29, 0.717) is 12.5 Å². The summed E-state index contributed by atoms with van der Waals surface area (Å²) in [6.45, 7) is 3.87. The van der Waals surface area contributed by atoms with Gasteiger partial charge in [-0.2, -0.15) is 5.26 Å². The van der Waals surface area contributed by atoms with E-state index < -0.39 is 5.82 Å². The fourth-order valence-electron chi connectivity index (χ4n) is 2.57. The van der Waals surface area contributed by atoms with Crippen molar-refractivity contribution in [2.24, 2.45) is 5.92 Å². The molecule has 2 atom stereocenters. The molecule has 0 aromatic heterocycles. The van der Waals surface area contributed by atoms with Gasteiger partial charge in [-0.05, 0) is 36.6 Å². The van der Waals surface area contributed by atoms with Gasteiger partial charge in [0.05, 0.1) is 12.2 Å². The van der Waals surface area contributed by atoms with Crippen LogP contribution in [0, 0.1) is 23.1 Å². The Morgan fingerprint density at radius 3 is 3.00 bits per heavy atom. The van der Waals surface area contributed by atoms with Crippen LogP contribution in [0.5, 0.6) is 0 Å². The molecule has 0 bridgehead atoms. The molecule has 1 aromatic carbocycles. The molecule has 18 heavy (non-hydrogen) atoms. The Hall–Kier alpha value is -1.44. The standard InChI is InChI=1S/C14H17FN2O/c1-10-4-5-17(14(10)9-18)8-11-2-3-13(15)12(6-11)7-16/h2-3,6,10,14,18H,4-5,8-9H2,1H3. The lowest BCUT2D eigenvalue weighted by molar-refractivity contribution is 0.134. The van der Waals surface area contributed by atoms with E-state index in [1.54, 1.807) is 12.1 Å². The minimum Gasteiger partial charge on any atom is -0.395 e. The quantitative estimate of drug-likeness (QED) is 0.888. The van der Waals surface area contributed by atoms with Crippen LogP contribution in [0.4, 0.5) is 4.39 Å². The molecular formula is C14H17FN2O. The summed E-state index contributed by atoms with van der Waals surface area (Å²) in [6.07, 6.45) is 1.07. The molecule has 1 aliphatic heterocycles. The number of halogens is 1. The van der Waals surface area contributed by atoms with Crippen molar-refractivity contribution in [3.63, 3.8) is 0 Å². The van der Waals surface area contributed by atoms with Crippen LogP contribution < -0.4 is 0 Å². The SMILES string of the molecule is CC1CCN(Cc2ccc(F)c(C#N)c2)C1CO. The van der Waals surface area contributed by atoms with Gasteiger partial charge in [0, 0.05) is 12.6 Å². The molecule has 1 saturated heterocycles. The highest BCUT2D eigenvalue weighted by Crippen LogP contribution is 2.25. The van der Waals surface area contributed by atoms with Crippen LogP contribution in [0.2, 0.25) is 0 Å². The van der Waals surface area contributed by atoms with Crippen LogP contribution >= 0.6 is 0 Å². The highest BCUT2D eigenvalue weighted by Gasteiger charge is 2.30. The monoisotopic (exact) mass is 248 g/mol. The van der Waals surface area contributed by atoms with Crippen LogP contribution in [-0.4, -0.2) is 29.2 Å². The van der Waals surface area contributed by atoms with Gasteiger partial charge in [0.1, 0.15) is 11.9 Å². The summed E-state index contributed by atoms with van der Waals surface area (Å²) >= 11 is 0. The second-order valence-corrected chi connectivity index (χ2v) is 4.91. The first kappa shape index (κ1) is 13.0. The van der Waals surface area contributed by atoms with E-state index >= 15 is 0 Å². The number of benzene rings is 1. The first-order valence-corrected chi connectivity index (χ1v) is 6.19. The van der Waals surface area contributed by atoms with Crippen LogP contribution in [0.15, 0.2) is 18.2 Å². The Labute approximate surface area is 106 Å². The zero-order valence-corrected chi connectivity index (χ0v) is 10.4. The maximum atomic E-state index is 13.2. The first-order valence-electron chi connectivity index (χ1n) is 6.19. The van der Waals surface area contributed by atoms with Crippen molar-refractivity contribution < 1.29 is 9.50 Å². The van der Waals surface area contributed by atoms with Crippen molar-refractivity contribution in [2.75, 3.05) is 13.2 Å². The number of aliphatic hydroxyl groups is 1.